The number of hydrogen-bond acceptors (Lipinski definition) is 8. The molecule has 2 heterocycles. The number of nitrogens with zero attached hydrogens (tertiary/aromatic N) is 4. The van der Waals surface area contributed by atoms with Gasteiger partial charge in [-0.15, -0.1) is 0 Å². The maximum Gasteiger partial charge on any atom is 0.204 e. The number of halogens is 1. The van der Waals surface area contributed by atoms with Gasteiger partial charge in [-0.3, -0.25) is 0 Å². The first-order valence-electron chi connectivity index (χ1n) is 10.6. The lowest BCUT2D eigenvalue weighted by Crippen LogP contribution is -1.85. The van der Waals surface area contributed by atoms with Crippen molar-refractivity contribution >= 4 is 58.2 Å². The molecule has 9 heteroatoms. The SMILES string of the molecule is CC.CC.CSc1nsc(Cc2ccccc2)n1.CSc1nsc(Cl)n1.Cc1ccccc1. The molecule has 2 aromatic carbocycles. The minimum atomic E-state index is 0.509. The third kappa shape index (κ3) is 15.1. The van der Waals surface area contributed by atoms with Gasteiger partial charge in [0.15, 0.2) is 5.16 Å². The molecule has 180 valence electrons. The number of hydrogen-bond donors (Lipinski definition) is 0. The van der Waals surface area contributed by atoms with E-state index < -0.39 is 0 Å². The van der Waals surface area contributed by atoms with E-state index in [0.29, 0.717) is 4.47 Å². The zero-order valence-corrected chi connectivity index (χ0v) is 24.3. The summed E-state index contributed by atoms with van der Waals surface area (Å²) in [6.45, 7) is 10.1. The summed E-state index contributed by atoms with van der Waals surface area (Å²) < 4.78 is 8.63. The van der Waals surface area contributed by atoms with E-state index in [1.54, 1.807) is 11.8 Å². The summed E-state index contributed by atoms with van der Waals surface area (Å²) in [5.41, 5.74) is 2.61. The summed E-state index contributed by atoms with van der Waals surface area (Å²) in [4.78, 5) is 8.26. The molecule has 4 aromatic rings. The highest BCUT2D eigenvalue weighted by atomic mass is 35.5. The molecule has 0 unspecified atom stereocenters. The third-order valence-corrected chi connectivity index (χ3v) is 6.17. The standard InChI is InChI=1S/C10H10N2S2.C7H8.C3H3ClN2S2.2C2H6/c1-13-10-11-9(14-12-10)7-8-5-3-2-4-6-8;1-7-5-3-2-4-6-7;1-7-3-5-2(4)8-6-3;2*1-2/h2-6H,7H2,1H3;2-6H,1H3;1H3;2*1-2H3. The highest BCUT2D eigenvalue weighted by molar-refractivity contribution is 7.98. The molecule has 0 bridgehead atoms. The number of rotatable bonds is 4. The van der Waals surface area contributed by atoms with E-state index in [0.717, 1.165) is 21.7 Å². The van der Waals surface area contributed by atoms with E-state index in [1.165, 1.54) is 46.0 Å². The van der Waals surface area contributed by atoms with Gasteiger partial charge in [-0.05, 0) is 59.7 Å². The maximum absolute atomic E-state index is 5.47. The molecular formula is C24H33ClN4S4. The normalized spacial score (nSPS) is 8.97. The Morgan fingerprint density at radius 1 is 0.727 bits per heavy atom. The van der Waals surface area contributed by atoms with Gasteiger partial charge in [0.05, 0.1) is 0 Å². The van der Waals surface area contributed by atoms with Crippen LogP contribution in [0.4, 0.5) is 0 Å². The van der Waals surface area contributed by atoms with Crippen molar-refractivity contribution in [3.8, 4) is 0 Å². The monoisotopic (exact) mass is 540 g/mol. The Hall–Kier alpha value is -1.45. The number of aromatic nitrogens is 4. The first kappa shape index (κ1) is 31.6. The van der Waals surface area contributed by atoms with Crippen LogP contribution in [0.2, 0.25) is 4.47 Å². The quantitative estimate of drug-likeness (QED) is 0.241. The average Bonchev–Trinajstić information content (AvgIpc) is 3.52. The van der Waals surface area contributed by atoms with Gasteiger partial charge in [-0.25, -0.2) is 4.98 Å². The van der Waals surface area contributed by atoms with Crippen LogP contribution in [0, 0.1) is 6.92 Å². The van der Waals surface area contributed by atoms with Crippen molar-refractivity contribution in [3.63, 3.8) is 0 Å². The molecule has 0 fully saturated rings. The van der Waals surface area contributed by atoms with Gasteiger partial charge < -0.3 is 0 Å². The van der Waals surface area contributed by atoms with Crippen molar-refractivity contribution in [2.24, 2.45) is 0 Å². The summed E-state index contributed by atoms with van der Waals surface area (Å²) in [5.74, 6) is 0. The lowest BCUT2D eigenvalue weighted by molar-refractivity contribution is 1.01. The second kappa shape index (κ2) is 21.1. The smallest absolute Gasteiger partial charge is 0.204 e. The lowest BCUT2D eigenvalue weighted by Gasteiger charge is -1.94. The molecule has 4 nitrogen and oxygen atoms in total. The maximum atomic E-state index is 5.47. The average molecular weight is 541 g/mol. The van der Waals surface area contributed by atoms with Gasteiger partial charge in [-0.2, -0.15) is 13.7 Å². The zero-order chi connectivity index (χ0) is 24.9. The molecule has 0 radical (unpaired) electrons. The van der Waals surface area contributed by atoms with Crippen LogP contribution in [0.1, 0.15) is 43.8 Å². The van der Waals surface area contributed by atoms with E-state index in [9.17, 15) is 0 Å². The Kier molecular flexibility index (Phi) is 20.2. The van der Waals surface area contributed by atoms with E-state index >= 15 is 0 Å². The van der Waals surface area contributed by atoms with Crippen molar-refractivity contribution in [3.05, 3.63) is 81.3 Å². The van der Waals surface area contributed by atoms with Crippen molar-refractivity contribution in [1.29, 1.82) is 0 Å². The molecule has 0 saturated heterocycles. The summed E-state index contributed by atoms with van der Waals surface area (Å²) in [5, 5.41) is 2.71. The highest BCUT2D eigenvalue weighted by Crippen LogP contribution is 2.17. The fourth-order valence-corrected chi connectivity index (χ4v) is 4.43. The highest BCUT2D eigenvalue weighted by Gasteiger charge is 2.03. The minimum Gasteiger partial charge on any atom is -0.214 e. The van der Waals surface area contributed by atoms with Crippen LogP contribution in [0.25, 0.3) is 0 Å². The molecular weight excluding hydrogens is 508 g/mol. The number of benzene rings is 2. The zero-order valence-electron chi connectivity index (χ0n) is 20.3. The van der Waals surface area contributed by atoms with Crippen LogP contribution in [-0.4, -0.2) is 31.2 Å². The Balaban J connectivity index is 0.000000462. The van der Waals surface area contributed by atoms with Crippen molar-refractivity contribution < 1.29 is 0 Å². The van der Waals surface area contributed by atoms with Crippen LogP contribution in [-0.2, 0) is 6.42 Å². The Bertz CT molecular complexity index is 947. The molecule has 33 heavy (non-hydrogen) atoms. The second-order valence-electron chi connectivity index (χ2n) is 5.53. The van der Waals surface area contributed by atoms with Gasteiger partial charge in [-0.1, -0.05) is 117 Å². The molecule has 0 aliphatic carbocycles. The fraction of sp³-hybridized carbons (Fsp3) is 0.333. The van der Waals surface area contributed by atoms with E-state index in [1.807, 2.05) is 76.6 Å². The molecule has 0 aliphatic rings. The van der Waals surface area contributed by atoms with Crippen molar-refractivity contribution in [2.75, 3.05) is 12.5 Å². The predicted octanol–water partition coefficient (Wildman–Crippen LogP) is 8.81. The summed E-state index contributed by atoms with van der Waals surface area (Å²) in [7, 11) is 0. The van der Waals surface area contributed by atoms with Crippen LogP contribution in [0.3, 0.4) is 0 Å². The van der Waals surface area contributed by atoms with Crippen molar-refractivity contribution in [1.82, 2.24) is 18.7 Å². The Labute approximate surface area is 221 Å². The molecule has 0 spiro atoms. The van der Waals surface area contributed by atoms with Gasteiger partial charge in [0, 0.05) is 6.42 Å². The van der Waals surface area contributed by atoms with E-state index in [-0.39, 0.29) is 0 Å². The first-order chi connectivity index (χ1) is 16.1. The molecule has 0 amide bonds. The van der Waals surface area contributed by atoms with Gasteiger partial charge >= 0.3 is 0 Å². The Morgan fingerprint density at radius 2 is 1.21 bits per heavy atom. The summed E-state index contributed by atoms with van der Waals surface area (Å²) in [6.07, 6.45) is 4.80. The van der Waals surface area contributed by atoms with Crippen molar-refractivity contribution in [2.45, 2.75) is 51.4 Å². The first-order valence-corrected chi connectivity index (χ1v) is 14.9. The van der Waals surface area contributed by atoms with Gasteiger partial charge in [0.1, 0.15) is 5.01 Å². The second-order valence-corrected chi connectivity index (χ2v) is 9.24. The third-order valence-electron chi connectivity index (χ3n) is 3.34. The number of aryl methyl sites for hydroxylation is 1. The summed E-state index contributed by atoms with van der Waals surface area (Å²) >= 11 is 11.3. The Morgan fingerprint density at radius 3 is 1.58 bits per heavy atom. The molecule has 0 N–H and O–H groups in total. The largest absolute Gasteiger partial charge is 0.214 e. The summed E-state index contributed by atoms with van der Waals surface area (Å²) in [6, 6.07) is 20.6. The van der Waals surface area contributed by atoms with Crippen LogP contribution >= 0.6 is 58.2 Å². The molecule has 2 aromatic heterocycles. The predicted molar refractivity (Wildman–Crippen MR) is 152 cm³/mol. The number of thioether (sulfide) groups is 2. The van der Waals surface area contributed by atoms with Crippen LogP contribution < -0.4 is 0 Å². The van der Waals surface area contributed by atoms with Crippen LogP contribution in [0.5, 0.6) is 0 Å². The molecule has 0 aliphatic heterocycles. The van der Waals surface area contributed by atoms with E-state index in [4.69, 9.17) is 11.6 Å². The molecule has 4 rings (SSSR count). The minimum absolute atomic E-state index is 0.509. The van der Waals surface area contributed by atoms with E-state index in [2.05, 4.69) is 49.9 Å². The van der Waals surface area contributed by atoms with Gasteiger partial charge in [0.25, 0.3) is 0 Å². The van der Waals surface area contributed by atoms with Gasteiger partial charge in [0.2, 0.25) is 9.62 Å². The lowest BCUT2D eigenvalue weighted by atomic mass is 10.2. The fourth-order valence-electron chi connectivity index (χ4n) is 1.97. The molecule has 0 saturated carbocycles. The topological polar surface area (TPSA) is 51.6 Å². The van der Waals surface area contributed by atoms with Crippen LogP contribution in [0.15, 0.2) is 71.0 Å². The molecule has 0 atom stereocenters.